The molecule has 0 amide bonds. The van der Waals surface area contributed by atoms with E-state index in [9.17, 15) is 4.79 Å². The summed E-state index contributed by atoms with van der Waals surface area (Å²) in [6, 6.07) is 14.2. The highest BCUT2D eigenvalue weighted by Gasteiger charge is 2.05. The maximum atomic E-state index is 10.2. The first-order valence-corrected chi connectivity index (χ1v) is 4.89. The Bertz CT molecular complexity index is 477. The third-order valence-corrected chi connectivity index (χ3v) is 2.50. The molecule has 0 fully saturated rings. The third-order valence-electron chi connectivity index (χ3n) is 2.50. The Morgan fingerprint density at radius 3 is 2.60 bits per heavy atom. The fourth-order valence-corrected chi connectivity index (χ4v) is 1.62. The number of hydrogen-bond donors (Lipinski definition) is 0. The number of carbonyl (C=O) groups is 1. The first-order chi connectivity index (χ1) is 7.31. The molecule has 76 valence electrons. The lowest BCUT2D eigenvalue weighted by Crippen LogP contribution is -1.97. The van der Waals surface area contributed by atoms with Crippen molar-refractivity contribution in [1.82, 2.24) is 0 Å². The van der Waals surface area contributed by atoms with E-state index in [1.807, 2.05) is 43.3 Å². The topological polar surface area (TPSA) is 26.3 Å². The molecule has 0 bridgehead atoms. The molecule has 2 rings (SSSR count). The van der Waals surface area contributed by atoms with Crippen LogP contribution in [0.1, 0.15) is 18.6 Å². The molecular weight excluding hydrogens is 188 g/mol. The smallest absolute Gasteiger partial charge is 0.293 e. The van der Waals surface area contributed by atoms with Gasteiger partial charge in [-0.3, -0.25) is 4.79 Å². The molecule has 0 saturated carbocycles. The van der Waals surface area contributed by atoms with Gasteiger partial charge in [0, 0.05) is 0 Å². The third kappa shape index (κ3) is 1.99. The van der Waals surface area contributed by atoms with E-state index in [2.05, 4.69) is 6.07 Å². The van der Waals surface area contributed by atoms with Crippen molar-refractivity contribution in [1.29, 1.82) is 0 Å². The fraction of sp³-hybridized carbons (Fsp3) is 0.154. The molecule has 2 aromatic carbocycles. The van der Waals surface area contributed by atoms with Crippen LogP contribution in [0.2, 0.25) is 0 Å². The van der Waals surface area contributed by atoms with E-state index in [-0.39, 0.29) is 6.10 Å². The highest BCUT2D eigenvalue weighted by atomic mass is 16.5. The van der Waals surface area contributed by atoms with E-state index in [0.29, 0.717) is 6.47 Å². The van der Waals surface area contributed by atoms with Gasteiger partial charge in [-0.05, 0) is 29.3 Å². The number of benzene rings is 2. The van der Waals surface area contributed by atoms with Crippen LogP contribution in [0.3, 0.4) is 0 Å². The van der Waals surface area contributed by atoms with E-state index in [1.54, 1.807) is 0 Å². The van der Waals surface area contributed by atoms with E-state index in [1.165, 1.54) is 5.39 Å². The molecule has 2 nitrogen and oxygen atoms in total. The average Bonchev–Trinajstić information content (AvgIpc) is 2.29. The van der Waals surface area contributed by atoms with Crippen molar-refractivity contribution in [2.45, 2.75) is 13.0 Å². The van der Waals surface area contributed by atoms with Gasteiger partial charge in [0.05, 0.1) is 0 Å². The summed E-state index contributed by atoms with van der Waals surface area (Å²) in [6.07, 6.45) is -0.188. The number of rotatable bonds is 3. The molecule has 0 heterocycles. The summed E-state index contributed by atoms with van der Waals surface area (Å²) >= 11 is 0. The van der Waals surface area contributed by atoms with Crippen molar-refractivity contribution >= 4 is 17.2 Å². The summed E-state index contributed by atoms with van der Waals surface area (Å²) in [4.78, 5) is 10.2. The molecular formula is C13H12O2. The zero-order valence-electron chi connectivity index (χ0n) is 8.51. The van der Waals surface area contributed by atoms with Crippen LogP contribution in [-0.2, 0) is 9.53 Å². The van der Waals surface area contributed by atoms with Gasteiger partial charge in [-0.15, -0.1) is 0 Å². The number of fused-ring (bicyclic) bond motifs is 1. The van der Waals surface area contributed by atoms with Gasteiger partial charge in [-0.2, -0.15) is 0 Å². The molecule has 2 aromatic rings. The zero-order chi connectivity index (χ0) is 10.7. The maximum Gasteiger partial charge on any atom is 0.293 e. The van der Waals surface area contributed by atoms with Crippen molar-refractivity contribution in [3.05, 3.63) is 48.0 Å². The molecule has 0 aliphatic rings. The highest BCUT2D eigenvalue weighted by molar-refractivity contribution is 5.83. The second kappa shape index (κ2) is 4.13. The minimum atomic E-state index is -0.188. The molecule has 0 aliphatic carbocycles. The van der Waals surface area contributed by atoms with Gasteiger partial charge in [0.2, 0.25) is 0 Å². The Hall–Kier alpha value is -1.83. The van der Waals surface area contributed by atoms with E-state index in [4.69, 9.17) is 4.74 Å². The first-order valence-electron chi connectivity index (χ1n) is 4.89. The van der Waals surface area contributed by atoms with Crippen LogP contribution < -0.4 is 0 Å². The van der Waals surface area contributed by atoms with Gasteiger partial charge in [0.15, 0.2) is 0 Å². The van der Waals surface area contributed by atoms with Crippen LogP contribution in [0, 0.1) is 0 Å². The van der Waals surface area contributed by atoms with Crippen LogP contribution in [0.5, 0.6) is 0 Å². The highest BCUT2D eigenvalue weighted by Crippen LogP contribution is 2.21. The van der Waals surface area contributed by atoms with Gasteiger partial charge < -0.3 is 4.74 Å². The quantitative estimate of drug-likeness (QED) is 0.712. The molecule has 0 radical (unpaired) electrons. The Balaban J connectivity index is 2.42. The van der Waals surface area contributed by atoms with Crippen LogP contribution >= 0.6 is 0 Å². The van der Waals surface area contributed by atoms with Crippen molar-refractivity contribution in [2.24, 2.45) is 0 Å². The summed E-state index contributed by atoms with van der Waals surface area (Å²) in [5, 5.41) is 2.36. The Morgan fingerprint density at radius 1 is 1.13 bits per heavy atom. The SMILES string of the molecule is C[C@H](OC=O)c1ccc2ccccc2c1. The summed E-state index contributed by atoms with van der Waals surface area (Å²) < 4.78 is 4.90. The van der Waals surface area contributed by atoms with Crippen LogP contribution in [0.4, 0.5) is 0 Å². The number of hydrogen-bond acceptors (Lipinski definition) is 2. The normalized spacial score (nSPS) is 12.3. The van der Waals surface area contributed by atoms with Crippen LogP contribution in [0.15, 0.2) is 42.5 Å². The molecule has 0 saturated heterocycles. The van der Waals surface area contributed by atoms with Crippen LogP contribution in [0.25, 0.3) is 10.8 Å². The number of ether oxygens (including phenoxy) is 1. The van der Waals surface area contributed by atoms with Crippen molar-refractivity contribution in [3.8, 4) is 0 Å². The molecule has 0 unspecified atom stereocenters. The molecule has 0 spiro atoms. The van der Waals surface area contributed by atoms with Gasteiger partial charge in [-0.1, -0.05) is 36.4 Å². The largest absolute Gasteiger partial charge is 0.460 e. The summed E-state index contributed by atoms with van der Waals surface area (Å²) in [5.74, 6) is 0. The Labute approximate surface area is 88.5 Å². The van der Waals surface area contributed by atoms with E-state index in [0.717, 1.165) is 10.9 Å². The molecule has 0 N–H and O–H groups in total. The molecule has 0 aromatic heterocycles. The Morgan fingerprint density at radius 2 is 1.87 bits per heavy atom. The minimum Gasteiger partial charge on any atom is -0.460 e. The standard InChI is InChI=1S/C13H12O2/c1-10(15-9-14)12-7-6-11-4-2-3-5-13(11)8-12/h2-10H,1H3/t10-/m0/s1. The average molecular weight is 200 g/mol. The van der Waals surface area contributed by atoms with Crippen molar-refractivity contribution in [2.75, 3.05) is 0 Å². The van der Waals surface area contributed by atoms with Gasteiger partial charge in [0.25, 0.3) is 6.47 Å². The van der Waals surface area contributed by atoms with Crippen molar-refractivity contribution in [3.63, 3.8) is 0 Å². The summed E-state index contributed by atoms with van der Waals surface area (Å²) in [6.45, 7) is 2.35. The van der Waals surface area contributed by atoms with E-state index >= 15 is 0 Å². The maximum absolute atomic E-state index is 10.2. The summed E-state index contributed by atoms with van der Waals surface area (Å²) in [7, 11) is 0. The molecule has 1 atom stereocenters. The molecule has 2 heteroatoms. The van der Waals surface area contributed by atoms with Gasteiger partial charge in [0.1, 0.15) is 6.10 Å². The van der Waals surface area contributed by atoms with Gasteiger partial charge in [-0.25, -0.2) is 0 Å². The molecule has 15 heavy (non-hydrogen) atoms. The van der Waals surface area contributed by atoms with Gasteiger partial charge >= 0.3 is 0 Å². The summed E-state index contributed by atoms with van der Waals surface area (Å²) in [5.41, 5.74) is 1.01. The lowest BCUT2D eigenvalue weighted by molar-refractivity contribution is -0.133. The lowest BCUT2D eigenvalue weighted by Gasteiger charge is -2.10. The second-order valence-corrected chi connectivity index (χ2v) is 3.48. The lowest BCUT2D eigenvalue weighted by atomic mass is 10.0. The predicted octanol–water partition coefficient (Wildman–Crippen LogP) is 3.07. The fourth-order valence-electron chi connectivity index (χ4n) is 1.62. The second-order valence-electron chi connectivity index (χ2n) is 3.48. The van der Waals surface area contributed by atoms with E-state index < -0.39 is 0 Å². The molecule has 0 aliphatic heterocycles. The minimum absolute atomic E-state index is 0.188. The first kappa shape index (κ1) is 9.71. The number of carbonyl (C=O) groups excluding carboxylic acids is 1. The monoisotopic (exact) mass is 200 g/mol. The van der Waals surface area contributed by atoms with Crippen molar-refractivity contribution < 1.29 is 9.53 Å². The Kier molecular flexibility index (Phi) is 2.68. The van der Waals surface area contributed by atoms with Crippen LogP contribution in [-0.4, -0.2) is 6.47 Å². The zero-order valence-corrected chi connectivity index (χ0v) is 8.51. The predicted molar refractivity (Wildman–Crippen MR) is 59.5 cm³/mol.